The Morgan fingerprint density at radius 3 is 2.14 bits per heavy atom. The summed E-state index contributed by atoms with van der Waals surface area (Å²) in [5.41, 5.74) is 3.77. The molecule has 1 fully saturated rings. The normalized spacial score (nSPS) is 13.3. The fraction of sp³-hybridized carbons (Fsp3) is 0.375. The van der Waals surface area contributed by atoms with Gasteiger partial charge in [-0.25, -0.2) is 4.39 Å². The number of nitrogens with one attached hydrogen (secondary N) is 1. The maximum Gasteiger partial charge on any atom is 0.237 e. The molecule has 0 atom stereocenters. The van der Waals surface area contributed by atoms with Crippen LogP contribution < -0.4 is 10.2 Å². The van der Waals surface area contributed by atoms with E-state index in [1.54, 1.807) is 17.0 Å². The van der Waals surface area contributed by atoms with Crippen LogP contribution >= 0.6 is 0 Å². The van der Waals surface area contributed by atoms with Gasteiger partial charge in [0.1, 0.15) is 5.82 Å². The maximum absolute atomic E-state index is 13.7. The number of unbranched alkanes of at least 4 members (excludes halogenated alkanes) is 1. The van der Waals surface area contributed by atoms with Crippen molar-refractivity contribution >= 4 is 23.2 Å². The number of hydrogen-bond acceptors (Lipinski definition) is 2. The van der Waals surface area contributed by atoms with Crippen LogP contribution in [0.3, 0.4) is 0 Å². The van der Waals surface area contributed by atoms with E-state index in [1.807, 2.05) is 50.2 Å². The lowest BCUT2D eigenvalue weighted by molar-refractivity contribution is -0.123. The van der Waals surface area contributed by atoms with Crippen LogP contribution in [0.4, 0.5) is 15.8 Å². The average Bonchev–Trinajstić information content (AvgIpc) is 3.72. The van der Waals surface area contributed by atoms with Gasteiger partial charge in [0.15, 0.2) is 0 Å². The number of nitrogens with zero attached hydrogens (tertiary/aromatic N) is 1. The van der Waals surface area contributed by atoms with Crippen molar-refractivity contribution in [3.63, 3.8) is 0 Å². The summed E-state index contributed by atoms with van der Waals surface area (Å²) in [4.78, 5) is 28.1. The molecule has 0 unspecified atom stereocenters. The van der Waals surface area contributed by atoms with E-state index in [2.05, 4.69) is 24.4 Å². The van der Waals surface area contributed by atoms with E-state index < -0.39 is 5.41 Å². The number of aryl methyl sites for hydroxylation is 1. The lowest BCUT2D eigenvalue weighted by Crippen LogP contribution is -2.44. The molecule has 0 aromatic heterocycles. The lowest BCUT2D eigenvalue weighted by Gasteiger charge is -2.33. The van der Waals surface area contributed by atoms with Gasteiger partial charge < -0.3 is 10.2 Å². The van der Waals surface area contributed by atoms with Crippen molar-refractivity contribution in [2.75, 3.05) is 16.8 Å². The first-order valence-corrected chi connectivity index (χ1v) is 13.3. The molecule has 3 aromatic rings. The van der Waals surface area contributed by atoms with Crippen molar-refractivity contribution in [3.05, 3.63) is 95.3 Å². The van der Waals surface area contributed by atoms with Crippen molar-refractivity contribution in [2.45, 2.75) is 64.7 Å². The molecule has 1 saturated carbocycles. The molecule has 4 nitrogen and oxygen atoms in total. The van der Waals surface area contributed by atoms with E-state index in [-0.39, 0.29) is 17.6 Å². The number of anilines is 2. The zero-order valence-electron chi connectivity index (χ0n) is 22.1. The van der Waals surface area contributed by atoms with Gasteiger partial charge in [-0.2, -0.15) is 0 Å². The fourth-order valence-electron chi connectivity index (χ4n) is 4.51. The number of carbonyl (C=O) groups excluding carboxylic acids is 2. The largest absolute Gasteiger partial charge is 0.326 e. The zero-order chi connectivity index (χ0) is 26.4. The van der Waals surface area contributed by atoms with Gasteiger partial charge in [0.25, 0.3) is 0 Å². The molecule has 1 aliphatic carbocycles. The summed E-state index contributed by atoms with van der Waals surface area (Å²) < 4.78 is 13.5. The topological polar surface area (TPSA) is 49.4 Å². The van der Waals surface area contributed by atoms with Gasteiger partial charge >= 0.3 is 0 Å². The number of amides is 2. The first-order chi connectivity index (χ1) is 17.8. The number of rotatable bonds is 11. The first kappa shape index (κ1) is 26.6. The number of carbonyl (C=O) groups is 2. The Morgan fingerprint density at radius 2 is 1.54 bits per heavy atom. The van der Waals surface area contributed by atoms with E-state index in [0.717, 1.165) is 30.4 Å². The third-order valence-corrected chi connectivity index (χ3v) is 7.15. The van der Waals surface area contributed by atoms with Gasteiger partial charge in [-0.1, -0.05) is 49.7 Å². The number of hydrogen-bond donors (Lipinski definition) is 1. The van der Waals surface area contributed by atoms with Crippen LogP contribution in [0.15, 0.2) is 72.8 Å². The average molecular weight is 501 g/mol. The molecule has 0 aliphatic heterocycles. The van der Waals surface area contributed by atoms with Crippen molar-refractivity contribution in [3.8, 4) is 0 Å². The highest BCUT2D eigenvalue weighted by molar-refractivity contribution is 6.01. The molecule has 0 radical (unpaired) electrons. The SMILES string of the molecule is CCCCc1ccc(CC(=O)Nc2ccc(C(C)(C)C(=O)N(CC3CC3)c3ccc(F)cc3)cc2)cc1. The molecule has 2 amide bonds. The third kappa shape index (κ3) is 7.06. The number of halogens is 1. The van der Waals surface area contributed by atoms with E-state index in [4.69, 9.17) is 0 Å². The summed E-state index contributed by atoms with van der Waals surface area (Å²) >= 11 is 0. The first-order valence-electron chi connectivity index (χ1n) is 13.3. The second kappa shape index (κ2) is 11.7. The molecule has 4 rings (SSSR count). The summed E-state index contributed by atoms with van der Waals surface area (Å²) in [5, 5.41) is 2.97. The van der Waals surface area contributed by atoms with Gasteiger partial charge in [0.05, 0.1) is 11.8 Å². The second-order valence-electron chi connectivity index (χ2n) is 10.7. The van der Waals surface area contributed by atoms with Crippen LogP contribution in [0.25, 0.3) is 0 Å². The van der Waals surface area contributed by atoms with Crippen molar-refractivity contribution in [1.82, 2.24) is 0 Å². The molecule has 0 bridgehead atoms. The minimum atomic E-state index is -0.786. The molecule has 3 aromatic carbocycles. The Bertz CT molecular complexity index is 1200. The van der Waals surface area contributed by atoms with Gasteiger partial charge in [-0.05, 0) is 98.5 Å². The minimum Gasteiger partial charge on any atom is -0.326 e. The van der Waals surface area contributed by atoms with Crippen LogP contribution in [-0.4, -0.2) is 18.4 Å². The Morgan fingerprint density at radius 1 is 0.919 bits per heavy atom. The smallest absolute Gasteiger partial charge is 0.237 e. The summed E-state index contributed by atoms with van der Waals surface area (Å²) in [6.45, 7) is 6.65. The van der Waals surface area contributed by atoms with Crippen LogP contribution in [0.1, 0.15) is 63.1 Å². The standard InChI is InChI=1S/C32H37FN2O2/c1-4-5-6-23-7-9-24(10-8-23)21-30(36)34-28-17-13-26(14-18-28)32(2,3)31(37)35(22-25-11-12-25)29-19-15-27(33)16-20-29/h7-10,13-20,25H,4-6,11-12,21-22H2,1-3H3,(H,34,36). The zero-order valence-corrected chi connectivity index (χ0v) is 22.1. The Balaban J connectivity index is 1.40. The minimum absolute atomic E-state index is 0.0230. The van der Waals surface area contributed by atoms with Crippen LogP contribution in [0.2, 0.25) is 0 Å². The molecule has 0 spiro atoms. The van der Waals surface area contributed by atoms with E-state index >= 15 is 0 Å². The summed E-state index contributed by atoms with van der Waals surface area (Å²) in [7, 11) is 0. The Hall–Kier alpha value is -3.47. The van der Waals surface area contributed by atoms with E-state index in [1.165, 1.54) is 30.5 Å². The van der Waals surface area contributed by atoms with Gasteiger partial charge in [0.2, 0.25) is 11.8 Å². The van der Waals surface area contributed by atoms with E-state index in [9.17, 15) is 14.0 Å². The molecule has 194 valence electrons. The van der Waals surface area contributed by atoms with Crippen molar-refractivity contribution in [2.24, 2.45) is 5.92 Å². The number of benzene rings is 3. The van der Waals surface area contributed by atoms with Crippen LogP contribution in [0, 0.1) is 11.7 Å². The molecule has 0 heterocycles. The Labute approximate surface area is 219 Å². The quantitative estimate of drug-likeness (QED) is 0.306. The van der Waals surface area contributed by atoms with Gasteiger partial charge in [-0.15, -0.1) is 0 Å². The highest BCUT2D eigenvalue weighted by Crippen LogP contribution is 2.35. The third-order valence-electron chi connectivity index (χ3n) is 7.15. The monoisotopic (exact) mass is 500 g/mol. The lowest BCUT2D eigenvalue weighted by atomic mass is 9.82. The second-order valence-corrected chi connectivity index (χ2v) is 10.7. The maximum atomic E-state index is 13.7. The molecule has 0 saturated heterocycles. The van der Waals surface area contributed by atoms with Crippen molar-refractivity contribution in [1.29, 1.82) is 0 Å². The van der Waals surface area contributed by atoms with E-state index in [0.29, 0.717) is 30.3 Å². The molecular formula is C32H37FN2O2. The fourth-order valence-corrected chi connectivity index (χ4v) is 4.51. The Kier molecular flexibility index (Phi) is 8.42. The van der Waals surface area contributed by atoms with Crippen LogP contribution in [-0.2, 0) is 27.8 Å². The van der Waals surface area contributed by atoms with Crippen molar-refractivity contribution < 1.29 is 14.0 Å². The molecular weight excluding hydrogens is 463 g/mol. The highest BCUT2D eigenvalue weighted by Gasteiger charge is 2.37. The summed E-state index contributed by atoms with van der Waals surface area (Å²) in [5.74, 6) is 0.0832. The summed E-state index contributed by atoms with van der Waals surface area (Å²) in [6.07, 6.45) is 5.94. The predicted octanol–water partition coefficient (Wildman–Crippen LogP) is 7.07. The highest BCUT2D eigenvalue weighted by atomic mass is 19.1. The van der Waals surface area contributed by atoms with Gasteiger partial charge in [0, 0.05) is 17.9 Å². The molecule has 5 heteroatoms. The molecule has 1 N–H and O–H groups in total. The molecule has 1 aliphatic rings. The predicted molar refractivity (Wildman–Crippen MR) is 148 cm³/mol. The molecule has 37 heavy (non-hydrogen) atoms. The summed E-state index contributed by atoms with van der Waals surface area (Å²) in [6, 6.07) is 21.9. The van der Waals surface area contributed by atoms with Crippen LogP contribution in [0.5, 0.6) is 0 Å². The van der Waals surface area contributed by atoms with Gasteiger partial charge in [-0.3, -0.25) is 9.59 Å².